The molecule has 0 radical (unpaired) electrons. The van der Waals surface area contributed by atoms with Gasteiger partial charge in [-0.05, 0) is 34.8 Å². The van der Waals surface area contributed by atoms with E-state index in [1.807, 2.05) is 48.5 Å². The summed E-state index contributed by atoms with van der Waals surface area (Å²) in [7, 11) is 0. The van der Waals surface area contributed by atoms with E-state index in [1.165, 1.54) is 5.56 Å². The first-order chi connectivity index (χ1) is 11.9. The first-order valence-corrected chi connectivity index (χ1v) is 8.37. The average molecular weight is 330 g/mol. The summed E-state index contributed by atoms with van der Waals surface area (Å²) in [4.78, 5) is 16.6. The summed E-state index contributed by atoms with van der Waals surface area (Å²) in [6.45, 7) is 6.55. The van der Waals surface area contributed by atoms with Crippen molar-refractivity contribution >= 4 is 28.6 Å². The van der Waals surface area contributed by atoms with E-state index in [1.54, 1.807) is 12.3 Å². The van der Waals surface area contributed by atoms with Gasteiger partial charge in [0, 0.05) is 17.7 Å². The lowest BCUT2D eigenvalue weighted by molar-refractivity contribution is -0.111. The summed E-state index contributed by atoms with van der Waals surface area (Å²) in [6.07, 6.45) is 5.10. The molecule has 3 aromatic rings. The van der Waals surface area contributed by atoms with E-state index in [-0.39, 0.29) is 11.3 Å². The van der Waals surface area contributed by atoms with E-state index < -0.39 is 0 Å². The van der Waals surface area contributed by atoms with Crippen molar-refractivity contribution in [3.63, 3.8) is 0 Å². The molecular formula is C22H22N2O. The molecule has 1 N–H and O–H groups in total. The van der Waals surface area contributed by atoms with E-state index in [0.717, 1.165) is 22.2 Å². The molecule has 0 aliphatic heterocycles. The highest BCUT2D eigenvalue weighted by Crippen LogP contribution is 2.23. The molecule has 1 aromatic heterocycles. The zero-order valence-corrected chi connectivity index (χ0v) is 14.8. The Morgan fingerprint density at radius 3 is 2.44 bits per heavy atom. The third kappa shape index (κ3) is 4.13. The number of nitrogens with zero attached hydrogens (tertiary/aromatic N) is 1. The second-order valence-corrected chi connectivity index (χ2v) is 7.08. The Balaban J connectivity index is 1.73. The van der Waals surface area contributed by atoms with Gasteiger partial charge in [-0.3, -0.25) is 9.78 Å². The number of benzene rings is 2. The quantitative estimate of drug-likeness (QED) is 0.672. The van der Waals surface area contributed by atoms with Gasteiger partial charge in [-0.1, -0.05) is 63.2 Å². The topological polar surface area (TPSA) is 42.0 Å². The molecule has 126 valence electrons. The number of para-hydroxylation sites is 1. The molecule has 0 aliphatic carbocycles. The summed E-state index contributed by atoms with van der Waals surface area (Å²) in [5.74, 6) is -0.168. The summed E-state index contributed by atoms with van der Waals surface area (Å²) >= 11 is 0. The molecule has 0 saturated carbocycles. The molecule has 0 bridgehead atoms. The number of rotatable bonds is 3. The molecule has 3 rings (SSSR count). The first kappa shape index (κ1) is 16.9. The molecule has 0 spiro atoms. The molecule has 25 heavy (non-hydrogen) atoms. The number of amides is 1. The van der Waals surface area contributed by atoms with E-state index >= 15 is 0 Å². The molecule has 0 fully saturated rings. The molecular weight excluding hydrogens is 308 g/mol. The summed E-state index contributed by atoms with van der Waals surface area (Å²) in [5.41, 5.74) is 3.91. The fourth-order valence-corrected chi connectivity index (χ4v) is 2.65. The number of hydrogen-bond donors (Lipinski definition) is 1. The SMILES string of the molecule is CC(C)(C)c1ccc(C=CC(=O)Nc2cccc3cccnc23)cc1. The molecule has 3 nitrogen and oxygen atoms in total. The van der Waals surface area contributed by atoms with Crippen LogP contribution in [0.15, 0.2) is 66.9 Å². The molecule has 2 aromatic carbocycles. The fraction of sp³-hybridized carbons (Fsp3) is 0.182. The van der Waals surface area contributed by atoms with Gasteiger partial charge in [0.1, 0.15) is 0 Å². The fourth-order valence-electron chi connectivity index (χ4n) is 2.65. The Bertz CT molecular complexity index is 913. The minimum atomic E-state index is -0.168. The smallest absolute Gasteiger partial charge is 0.248 e. The van der Waals surface area contributed by atoms with Gasteiger partial charge < -0.3 is 5.32 Å². The highest BCUT2D eigenvalue weighted by molar-refractivity contribution is 6.06. The van der Waals surface area contributed by atoms with Crippen LogP contribution in [-0.2, 0) is 10.2 Å². The minimum absolute atomic E-state index is 0.126. The van der Waals surface area contributed by atoms with Crippen molar-refractivity contribution in [3.05, 3.63) is 78.0 Å². The lowest BCUT2D eigenvalue weighted by atomic mass is 9.87. The Hall–Kier alpha value is -2.94. The third-order valence-electron chi connectivity index (χ3n) is 4.09. The van der Waals surface area contributed by atoms with Crippen LogP contribution in [0.4, 0.5) is 5.69 Å². The Kier molecular flexibility index (Phi) is 4.66. The van der Waals surface area contributed by atoms with Crippen molar-refractivity contribution in [2.75, 3.05) is 5.32 Å². The third-order valence-corrected chi connectivity index (χ3v) is 4.09. The zero-order valence-electron chi connectivity index (χ0n) is 14.8. The lowest BCUT2D eigenvalue weighted by Crippen LogP contribution is -2.10. The van der Waals surface area contributed by atoms with Crippen LogP contribution in [0.1, 0.15) is 31.9 Å². The Labute approximate surface area is 148 Å². The predicted octanol–water partition coefficient (Wildman–Crippen LogP) is 5.18. The molecule has 0 atom stereocenters. The van der Waals surface area contributed by atoms with Gasteiger partial charge in [0.05, 0.1) is 11.2 Å². The van der Waals surface area contributed by atoms with Gasteiger partial charge in [-0.25, -0.2) is 0 Å². The predicted molar refractivity (Wildman–Crippen MR) is 105 cm³/mol. The first-order valence-electron chi connectivity index (χ1n) is 8.37. The number of hydrogen-bond acceptors (Lipinski definition) is 2. The van der Waals surface area contributed by atoms with Gasteiger partial charge in [-0.2, -0.15) is 0 Å². The minimum Gasteiger partial charge on any atom is -0.321 e. The number of fused-ring (bicyclic) bond motifs is 1. The van der Waals surface area contributed by atoms with Gasteiger partial charge >= 0.3 is 0 Å². The van der Waals surface area contributed by atoms with Crippen LogP contribution < -0.4 is 5.32 Å². The number of nitrogens with one attached hydrogen (secondary N) is 1. The molecule has 0 aliphatic rings. The van der Waals surface area contributed by atoms with E-state index in [2.05, 4.69) is 43.2 Å². The van der Waals surface area contributed by atoms with E-state index in [0.29, 0.717) is 0 Å². The lowest BCUT2D eigenvalue weighted by Gasteiger charge is -2.18. The monoisotopic (exact) mass is 330 g/mol. The summed E-state index contributed by atoms with van der Waals surface area (Å²) in [6, 6.07) is 17.9. The average Bonchev–Trinajstić information content (AvgIpc) is 2.60. The van der Waals surface area contributed by atoms with Gasteiger partial charge in [0.15, 0.2) is 0 Å². The second-order valence-electron chi connectivity index (χ2n) is 7.08. The van der Waals surface area contributed by atoms with Crippen molar-refractivity contribution in [3.8, 4) is 0 Å². The van der Waals surface area contributed by atoms with Crippen LogP contribution in [0.5, 0.6) is 0 Å². The van der Waals surface area contributed by atoms with Crippen molar-refractivity contribution in [2.45, 2.75) is 26.2 Å². The van der Waals surface area contributed by atoms with Crippen LogP contribution >= 0.6 is 0 Å². The highest BCUT2D eigenvalue weighted by Gasteiger charge is 2.12. The molecule has 1 heterocycles. The number of carbonyl (C=O) groups excluding carboxylic acids is 1. The number of carbonyl (C=O) groups is 1. The van der Waals surface area contributed by atoms with Gasteiger partial charge in [0.2, 0.25) is 5.91 Å². The van der Waals surface area contributed by atoms with Crippen molar-refractivity contribution in [1.82, 2.24) is 4.98 Å². The molecule has 3 heteroatoms. The van der Waals surface area contributed by atoms with Crippen molar-refractivity contribution in [2.24, 2.45) is 0 Å². The van der Waals surface area contributed by atoms with Crippen LogP contribution in [0, 0.1) is 0 Å². The summed E-state index contributed by atoms with van der Waals surface area (Å²) in [5, 5.41) is 3.90. The maximum atomic E-state index is 12.2. The molecule has 1 amide bonds. The summed E-state index contributed by atoms with van der Waals surface area (Å²) < 4.78 is 0. The zero-order chi connectivity index (χ0) is 17.9. The second kappa shape index (κ2) is 6.89. The van der Waals surface area contributed by atoms with Crippen LogP contribution in [0.2, 0.25) is 0 Å². The Morgan fingerprint density at radius 1 is 1.00 bits per heavy atom. The Morgan fingerprint density at radius 2 is 1.72 bits per heavy atom. The standard InChI is InChI=1S/C22H22N2O/c1-22(2,3)18-12-9-16(10-13-18)11-14-20(25)24-19-8-4-6-17-7-5-15-23-21(17)19/h4-15H,1-3H3,(H,24,25). The number of anilines is 1. The van der Waals surface area contributed by atoms with Gasteiger partial charge in [-0.15, -0.1) is 0 Å². The molecule has 0 unspecified atom stereocenters. The van der Waals surface area contributed by atoms with Gasteiger partial charge in [0.25, 0.3) is 0 Å². The van der Waals surface area contributed by atoms with E-state index in [9.17, 15) is 4.79 Å². The number of pyridine rings is 1. The largest absolute Gasteiger partial charge is 0.321 e. The maximum absolute atomic E-state index is 12.2. The van der Waals surface area contributed by atoms with Crippen molar-refractivity contribution < 1.29 is 4.79 Å². The van der Waals surface area contributed by atoms with Crippen molar-refractivity contribution in [1.29, 1.82) is 0 Å². The molecule has 0 saturated heterocycles. The van der Waals surface area contributed by atoms with Crippen LogP contribution in [-0.4, -0.2) is 10.9 Å². The normalized spacial score (nSPS) is 11.8. The maximum Gasteiger partial charge on any atom is 0.248 e. The van der Waals surface area contributed by atoms with Crippen LogP contribution in [0.25, 0.3) is 17.0 Å². The van der Waals surface area contributed by atoms with E-state index in [4.69, 9.17) is 0 Å². The highest BCUT2D eigenvalue weighted by atomic mass is 16.1. The number of aromatic nitrogens is 1. The van der Waals surface area contributed by atoms with Crippen LogP contribution in [0.3, 0.4) is 0 Å².